The van der Waals surface area contributed by atoms with Gasteiger partial charge in [0, 0.05) is 13.1 Å². The number of nitrogens with one attached hydrogen (secondary N) is 1. The molecule has 0 saturated carbocycles. The maximum Gasteiger partial charge on any atom is 0.264 e. The van der Waals surface area contributed by atoms with E-state index in [0.29, 0.717) is 24.6 Å². The van der Waals surface area contributed by atoms with Gasteiger partial charge < -0.3 is 15.0 Å². The van der Waals surface area contributed by atoms with E-state index in [0.717, 1.165) is 28.3 Å². The number of benzene rings is 3. The number of rotatable bonds is 14. The number of carbonyl (C=O) groups excluding carboxylic acids is 2. The number of ether oxygens (including phenoxy) is 1. The zero-order chi connectivity index (χ0) is 29.1. The van der Waals surface area contributed by atoms with Crippen LogP contribution in [-0.2, 0) is 26.2 Å². The molecule has 2 amide bonds. The molecular formula is C31H39N3O5S. The minimum absolute atomic E-state index is 0.0309. The van der Waals surface area contributed by atoms with E-state index in [9.17, 15) is 18.0 Å². The van der Waals surface area contributed by atoms with E-state index in [2.05, 4.69) is 5.32 Å². The number of hydrogen-bond donors (Lipinski definition) is 1. The molecule has 9 heteroatoms. The number of sulfonamides is 1. The molecule has 0 spiro atoms. The number of amides is 2. The van der Waals surface area contributed by atoms with Crippen LogP contribution in [0.25, 0.3) is 0 Å². The molecule has 0 aliphatic rings. The van der Waals surface area contributed by atoms with Gasteiger partial charge in [-0.05, 0) is 74.7 Å². The standard InChI is InChI=1S/C31H39N3O5S/c1-5-7-21-32-31(36)25(4)33(22-26-14-12-11-13-24(26)3)30(35)23-34(27-15-9-8-10-16-27)40(37,38)29-19-17-28(18-20-29)39-6-2/h8-20,25H,5-7,21-23H2,1-4H3,(H,32,36). The molecule has 0 radical (unpaired) electrons. The van der Waals surface area contributed by atoms with Gasteiger partial charge in [0.05, 0.1) is 17.2 Å². The topological polar surface area (TPSA) is 96.0 Å². The summed E-state index contributed by atoms with van der Waals surface area (Å²) >= 11 is 0. The maximum atomic E-state index is 14.0. The number of unbranched alkanes of at least 4 members (excludes halogenated alkanes) is 1. The molecule has 3 aromatic carbocycles. The molecule has 1 N–H and O–H groups in total. The first-order valence-corrected chi connectivity index (χ1v) is 15.0. The van der Waals surface area contributed by atoms with Gasteiger partial charge in [-0.25, -0.2) is 8.42 Å². The molecule has 0 saturated heterocycles. The average molecular weight is 566 g/mol. The van der Waals surface area contributed by atoms with Crippen molar-refractivity contribution in [1.82, 2.24) is 10.2 Å². The Morgan fingerprint density at radius 1 is 0.925 bits per heavy atom. The Hall–Kier alpha value is -3.85. The first kappa shape index (κ1) is 30.7. The van der Waals surface area contributed by atoms with Gasteiger partial charge >= 0.3 is 0 Å². The van der Waals surface area contributed by atoms with Crippen LogP contribution in [0, 0.1) is 6.92 Å². The summed E-state index contributed by atoms with van der Waals surface area (Å²) in [5.41, 5.74) is 2.20. The van der Waals surface area contributed by atoms with E-state index >= 15 is 0 Å². The smallest absolute Gasteiger partial charge is 0.264 e. The third-order valence-corrected chi connectivity index (χ3v) is 8.43. The molecule has 0 aromatic heterocycles. The maximum absolute atomic E-state index is 14.0. The Morgan fingerprint density at radius 3 is 2.20 bits per heavy atom. The van der Waals surface area contributed by atoms with Crippen LogP contribution in [0.15, 0.2) is 83.8 Å². The fraction of sp³-hybridized carbons (Fsp3) is 0.355. The summed E-state index contributed by atoms with van der Waals surface area (Å²) in [6.45, 7) is 8.15. The van der Waals surface area contributed by atoms with Crippen molar-refractivity contribution in [3.63, 3.8) is 0 Å². The van der Waals surface area contributed by atoms with Crippen molar-refractivity contribution < 1.29 is 22.7 Å². The highest BCUT2D eigenvalue weighted by Gasteiger charge is 2.32. The van der Waals surface area contributed by atoms with E-state index < -0.39 is 28.5 Å². The van der Waals surface area contributed by atoms with Crippen molar-refractivity contribution in [2.45, 2.75) is 58.0 Å². The monoisotopic (exact) mass is 565 g/mol. The molecule has 1 unspecified atom stereocenters. The van der Waals surface area contributed by atoms with Gasteiger partial charge in [0.25, 0.3) is 10.0 Å². The lowest BCUT2D eigenvalue weighted by Gasteiger charge is -2.32. The number of anilines is 1. The summed E-state index contributed by atoms with van der Waals surface area (Å²) in [5.74, 6) is -0.216. The number of para-hydroxylation sites is 1. The lowest BCUT2D eigenvalue weighted by Crippen LogP contribution is -2.51. The molecule has 8 nitrogen and oxygen atoms in total. The molecule has 3 aromatic rings. The second-order valence-corrected chi connectivity index (χ2v) is 11.4. The van der Waals surface area contributed by atoms with Crippen molar-refractivity contribution >= 4 is 27.5 Å². The second-order valence-electron chi connectivity index (χ2n) is 9.52. The van der Waals surface area contributed by atoms with E-state index in [-0.39, 0.29) is 17.3 Å². The van der Waals surface area contributed by atoms with E-state index in [1.54, 1.807) is 49.4 Å². The Kier molecular flexibility index (Phi) is 11.1. The van der Waals surface area contributed by atoms with Crippen molar-refractivity contribution in [2.75, 3.05) is 24.0 Å². The molecule has 0 fully saturated rings. The SMILES string of the molecule is CCCCNC(=O)C(C)N(Cc1ccccc1C)C(=O)CN(c1ccccc1)S(=O)(=O)c1ccc(OCC)cc1. The van der Waals surface area contributed by atoms with Gasteiger partial charge in [0.15, 0.2) is 0 Å². The highest BCUT2D eigenvalue weighted by Crippen LogP contribution is 2.26. The Balaban J connectivity index is 1.97. The molecule has 0 aliphatic heterocycles. The number of aryl methyl sites for hydroxylation is 1. The van der Waals surface area contributed by atoms with Gasteiger partial charge in [-0.15, -0.1) is 0 Å². The molecular weight excluding hydrogens is 526 g/mol. The van der Waals surface area contributed by atoms with Gasteiger partial charge in [0.2, 0.25) is 11.8 Å². The van der Waals surface area contributed by atoms with Gasteiger partial charge in [-0.3, -0.25) is 13.9 Å². The highest BCUT2D eigenvalue weighted by atomic mass is 32.2. The molecule has 1 atom stereocenters. The van der Waals surface area contributed by atoms with Crippen molar-refractivity contribution in [3.05, 3.63) is 90.0 Å². The summed E-state index contributed by atoms with van der Waals surface area (Å²) in [7, 11) is -4.13. The van der Waals surface area contributed by atoms with Crippen LogP contribution in [0.4, 0.5) is 5.69 Å². The van der Waals surface area contributed by atoms with Crippen molar-refractivity contribution in [2.24, 2.45) is 0 Å². The van der Waals surface area contributed by atoms with Crippen LogP contribution >= 0.6 is 0 Å². The largest absolute Gasteiger partial charge is 0.494 e. The predicted octanol–water partition coefficient (Wildman–Crippen LogP) is 4.92. The zero-order valence-electron chi connectivity index (χ0n) is 23.7. The van der Waals surface area contributed by atoms with E-state index in [1.165, 1.54) is 17.0 Å². The fourth-order valence-corrected chi connectivity index (χ4v) is 5.63. The normalized spacial score (nSPS) is 11.9. The lowest BCUT2D eigenvalue weighted by molar-refractivity contribution is -0.139. The Labute approximate surface area is 238 Å². The first-order chi connectivity index (χ1) is 19.2. The van der Waals surface area contributed by atoms with Gasteiger partial charge in [0.1, 0.15) is 18.3 Å². The summed E-state index contributed by atoms with van der Waals surface area (Å²) in [6, 6.07) is 21.4. The van der Waals surface area contributed by atoms with Gasteiger partial charge in [-0.1, -0.05) is 55.8 Å². The highest BCUT2D eigenvalue weighted by molar-refractivity contribution is 7.92. The van der Waals surface area contributed by atoms with Crippen LogP contribution in [0.5, 0.6) is 5.75 Å². The Bertz CT molecular complexity index is 1360. The number of nitrogens with zero attached hydrogens (tertiary/aromatic N) is 2. The van der Waals surface area contributed by atoms with Crippen molar-refractivity contribution in [1.29, 1.82) is 0 Å². The van der Waals surface area contributed by atoms with Crippen molar-refractivity contribution in [3.8, 4) is 5.75 Å². The third-order valence-electron chi connectivity index (χ3n) is 6.64. The zero-order valence-corrected chi connectivity index (χ0v) is 24.5. The third kappa shape index (κ3) is 7.85. The molecule has 3 rings (SSSR count). The summed E-state index contributed by atoms with van der Waals surface area (Å²) in [4.78, 5) is 28.5. The minimum Gasteiger partial charge on any atom is -0.494 e. The van der Waals surface area contributed by atoms with E-state index in [1.807, 2.05) is 45.0 Å². The summed E-state index contributed by atoms with van der Waals surface area (Å²) in [5, 5.41) is 2.90. The molecule has 0 bridgehead atoms. The van der Waals surface area contributed by atoms with Crippen LogP contribution in [0.2, 0.25) is 0 Å². The van der Waals surface area contributed by atoms with Crippen LogP contribution < -0.4 is 14.4 Å². The average Bonchev–Trinajstić information content (AvgIpc) is 2.96. The summed E-state index contributed by atoms with van der Waals surface area (Å²) in [6.07, 6.45) is 1.75. The van der Waals surface area contributed by atoms with Gasteiger partial charge in [-0.2, -0.15) is 0 Å². The number of carbonyl (C=O) groups is 2. The quantitative estimate of drug-likeness (QED) is 0.280. The first-order valence-electron chi connectivity index (χ1n) is 13.6. The Morgan fingerprint density at radius 2 is 1.57 bits per heavy atom. The van der Waals surface area contributed by atoms with Crippen LogP contribution in [0.1, 0.15) is 44.7 Å². The second kappa shape index (κ2) is 14.5. The summed E-state index contributed by atoms with van der Waals surface area (Å²) < 4.78 is 34.3. The number of hydrogen-bond acceptors (Lipinski definition) is 5. The lowest BCUT2D eigenvalue weighted by atomic mass is 10.1. The molecule has 40 heavy (non-hydrogen) atoms. The molecule has 0 aliphatic carbocycles. The predicted molar refractivity (Wildman–Crippen MR) is 158 cm³/mol. The van der Waals surface area contributed by atoms with E-state index in [4.69, 9.17) is 4.74 Å². The van der Waals surface area contributed by atoms with Crippen LogP contribution in [-0.4, -0.2) is 50.9 Å². The fourth-order valence-electron chi connectivity index (χ4n) is 4.21. The van der Waals surface area contributed by atoms with Crippen LogP contribution in [0.3, 0.4) is 0 Å². The molecule has 0 heterocycles. The minimum atomic E-state index is -4.13. The molecule has 214 valence electrons.